The van der Waals surface area contributed by atoms with Gasteiger partial charge in [0.2, 0.25) is 5.91 Å². The molecule has 2 aromatic rings. The molecule has 3 rings (SSSR count). The molecule has 1 heterocycles. The fourth-order valence-electron chi connectivity index (χ4n) is 3.59. The van der Waals surface area contributed by atoms with Crippen LogP contribution in [0.2, 0.25) is 0 Å². The summed E-state index contributed by atoms with van der Waals surface area (Å²) >= 11 is -2.67. The van der Waals surface area contributed by atoms with Gasteiger partial charge in [-0.05, 0) is 43.5 Å². The van der Waals surface area contributed by atoms with Crippen molar-refractivity contribution in [1.82, 2.24) is 10.3 Å². The Morgan fingerprint density at radius 1 is 1.30 bits per heavy atom. The van der Waals surface area contributed by atoms with Gasteiger partial charge < -0.3 is 18.9 Å². The van der Waals surface area contributed by atoms with Crippen LogP contribution >= 0.6 is 0 Å². The highest BCUT2D eigenvalue weighted by Gasteiger charge is 2.49. The third-order valence-corrected chi connectivity index (χ3v) is 6.34. The number of hydrogen-bond donors (Lipinski definition) is 1. The molecule has 0 radical (unpaired) electrons. The predicted molar refractivity (Wildman–Crippen MR) is 111 cm³/mol. The van der Waals surface area contributed by atoms with Crippen molar-refractivity contribution in [3.8, 4) is 0 Å². The summed E-state index contributed by atoms with van der Waals surface area (Å²) in [5.74, 6) is -2.41. The monoisotopic (exact) mass is 488 g/mol. The van der Waals surface area contributed by atoms with Crippen molar-refractivity contribution in [2.75, 3.05) is 18.5 Å². The maximum Gasteiger partial charge on any atom is 0.433 e. The van der Waals surface area contributed by atoms with Gasteiger partial charge in [-0.25, -0.2) is 4.39 Å². The van der Waals surface area contributed by atoms with E-state index in [9.17, 15) is 31.1 Å². The number of halogens is 4. The molecule has 0 saturated heterocycles. The van der Waals surface area contributed by atoms with E-state index in [-0.39, 0.29) is 22.7 Å². The van der Waals surface area contributed by atoms with Crippen molar-refractivity contribution in [3.05, 3.63) is 59.2 Å². The highest BCUT2D eigenvalue weighted by atomic mass is 32.2. The number of methoxy groups -OCH3 is 1. The summed E-state index contributed by atoms with van der Waals surface area (Å²) in [4.78, 5) is 16.5. The van der Waals surface area contributed by atoms with Gasteiger partial charge in [0.1, 0.15) is 11.5 Å². The van der Waals surface area contributed by atoms with Crippen LogP contribution in [0.1, 0.15) is 42.5 Å². The zero-order chi connectivity index (χ0) is 24.6. The number of aromatic nitrogens is 1. The lowest BCUT2D eigenvalue weighted by Crippen LogP contribution is -2.50. The zero-order valence-corrected chi connectivity index (χ0v) is 18.8. The molecule has 12 heteroatoms. The number of benzene rings is 1. The topological polar surface area (TPSA) is 94.6 Å². The first kappa shape index (κ1) is 25.1. The highest BCUT2D eigenvalue weighted by molar-refractivity contribution is 7.80. The summed E-state index contributed by atoms with van der Waals surface area (Å²) in [5, 5.41) is 2.78. The molecule has 1 aromatic heterocycles. The Hall–Kier alpha value is -2.57. The molecule has 3 unspecified atom stereocenters. The minimum absolute atomic E-state index is 0.169. The number of carbonyl (C=O) groups is 1. The van der Waals surface area contributed by atoms with Crippen molar-refractivity contribution in [2.24, 2.45) is 5.92 Å². The quantitative estimate of drug-likeness (QED) is 0.348. The van der Waals surface area contributed by atoms with E-state index in [0.717, 1.165) is 18.3 Å². The minimum Gasteiger partial charge on any atom is -0.755 e. The van der Waals surface area contributed by atoms with Gasteiger partial charge in [0.25, 0.3) is 0 Å². The van der Waals surface area contributed by atoms with Crippen molar-refractivity contribution < 1.29 is 35.9 Å². The SMILES string of the molecule is COC(NC(=O)C(C)c1ccc(N(C)S(=O)[O-])c(F)c1)(c1ccc(C(F)(F)F)nc1)C1CC1. The van der Waals surface area contributed by atoms with Crippen LogP contribution in [0, 0.1) is 11.7 Å². The summed E-state index contributed by atoms with van der Waals surface area (Å²) in [5.41, 5.74) is -2.08. The second-order valence-electron chi connectivity index (χ2n) is 7.78. The molecule has 7 nitrogen and oxygen atoms in total. The summed E-state index contributed by atoms with van der Waals surface area (Å²) in [6.07, 6.45) is -2.20. The molecule has 1 fully saturated rings. The van der Waals surface area contributed by atoms with E-state index >= 15 is 0 Å². The van der Waals surface area contributed by atoms with Gasteiger partial charge in [-0.2, -0.15) is 13.2 Å². The number of nitrogens with zero attached hydrogens (tertiary/aromatic N) is 2. The smallest absolute Gasteiger partial charge is 0.433 e. The second-order valence-corrected chi connectivity index (χ2v) is 8.76. The average molecular weight is 488 g/mol. The fraction of sp³-hybridized carbons (Fsp3) is 0.429. The first-order valence-electron chi connectivity index (χ1n) is 9.94. The maximum atomic E-state index is 14.5. The Morgan fingerprint density at radius 3 is 2.42 bits per heavy atom. The zero-order valence-electron chi connectivity index (χ0n) is 18.0. The van der Waals surface area contributed by atoms with E-state index in [4.69, 9.17) is 4.74 Å². The fourth-order valence-corrected chi connectivity index (χ4v) is 3.90. The van der Waals surface area contributed by atoms with E-state index in [1.54, 1.807) is 0 Å². The predicted octanol–water partition coefficient (Wildman–Crippen LogP) is 3.60. The minimum atomic E-state index is -4.60. The Labute approximate surface area is 190 Å². The van der Waals surface area contributed by atoms with Gasteiger partial charge in [-0.1, -0.05) is 12.1 Å². The molecule has 0 bridgehead atoms. The van der Waals surface area contributed by atoms with Crippen molar-refractivity contribution >= 4 is 22.9 Å². The molecule has 1 amide bonds. The standard InChI is InChI=1S/C21H23F4N3O4S/c1-12(13-4-8-17(16(22)10-13)28(2)33(30)31)19(29)27-20(32-3,14-5-6-14)15-7-9-18(26-11-15)21(23,24)25/h4,7-12,14H,5-6H2,1-3H3,(H,27,29)(H,30,31)/p-1. The average Bonchev–Trinajstić information content (AvgIpc) is 3.61. The van der Waals surface area contributed by atoms with Gasteiger partial charge in [0.05, 0.1) is 11.6 Å². The molecule has 0 spiro atoms. The van der Waals surface area contributed by atoms with Crippen LogP contribution in [-0.4, -0.2) is 33.8 Å². The highest BCUT2D eigenvalue weighted by Crippen LogP contribution is 2.46. The number of rotatable bonds is 8. The molecule has 1 saturated carbocycles. The van der Waals surface area contributed by atoms with Gasteiger partial charge in [-0.15, -0.1) is 0 Å². The van der Waals surface area contributed by atoms with Crippen LogP contribution in [0.5, 0.6) is 0 Å². The molecule has 1 aliphatic carbocycles. The molecule has 1 aliphatic rings. The largest absolute Gasteiger partial charge is 0.755 e. The number of pyridine rings is 1. The van der Waals surface area contributed by atoms with E-state index in [2.05, 4.69) is 10.3 Å². The van der Waals surface area contributed by atoms with Gasteiger partial charge in [0, 0.05) is 43.1 Å². The van der Waals surface area contributed by atoms with E-state index in [0.29, 0.717) is 17.1 Å². The number of alkyl halides is 3. The van der Waals surface area contributed by atoms with Gasteiger partial charge in [0.15, 0.2) is 5.72 Å². The lowest BCUT2D eigenvalue weighted by molar-refractivity contribution is -0.142. The van der Waals surface area contributed by atoms with Crippen LogP contribution in [-0.2, 0) is 32.7 Å². The molecular formula is C21H22F4N3O4S-. The molecular weight excluding hydrogens is 466 g/mol. The Bertz CT molecular complexity index is 1050. The first-order valence-corrected chi connectivity index (χ1v) is 11.0. The number of ether oxygens (including phenoxy) is 1. The Morgan fingerprint density at radius 2 is 1.97 bits per heavy atom. The van der Waals surface area contributed by atoms with E-state index in [1.165, 1.54) is 39.3 Å². The lowest BCUT2D eigenvalue weighted by Gasteiger charge is -2.35. The first-order chi connectivity index (χ1) is 15.4. The number of amides is 1. The molecule has 33 heavy (non-hydrogen) atoms. The Balaban J connectivity index is 1.86. The Kier molecular flexibility index (Phi) is 7.10. The number of nitrogens with one attached hydrogen (secondary N) is 1. The molecule has 3 atom stereocenters. The molecule has 0 aliphatic heterocycles. The second kappa shape index (κ2) is 9.35. The number of carbonyl (C=O) groups excluding carboxylic acids is 1. The maximum absolute atomic E-state index is 14.5. The number of hydrogen-bond acceptors (Lipinski definition) is 5. The molecule has 1 aromatic carbocycles. The summed E-state index contributed by atoms with van der Waals surface area (Å²) in [6, 6.07) is 5.78. The van der Waals surface area contributed by atoms with Crippen LogP contribution < -0.4 is 9.62 Å². The normalized spacial score (nSPS) is 17.7. The summed E-state index contributed by atoms with van der Waals surface area (Å²) < 4.78 is 81.6. The van der Waals surface area contributed by atoms with Crippen molar-refractivity contribution in [1.29, 1.82) is 0 Å². The van der Waals surface area contributed by atoms with Gasteiger partial charge >= 0.3 is 6.18 Å². The molecule has 1 N–H and O–H groups in total. The van der Waals surface area contributed by atoms with Crippen LogP contribution in [0.25, 0.3) is 0 Å². The molecule has 180 valence electrons. The van der Waals surface area contributed by atoms with Crippen LogP contribution in [0.4, 0.5) is 23.2 Å². The van der Waals surface area contributed by atoms with E-state index in [1.807, 2.05) is 0 Å². The van der Waals surface area contributed by atoms with Crippen LogP contribution in [0.3, 0.4) is 0 Å². The van der Waals surface area contributed by atoms with Gasteiger partial charge in [-0.3, -0.25) is 14.0 Å². The van der Waals surface area contributed by atoms with E-state index < -0.39 is 46.5 Å². The van der Waals surface area contributed by atoms with Crippen molar-refractivity contribution in [3.63, 3.8) is 0 Å². The van der Waals surface area contributed by atoms with Crippen LogP contribution in [0.15, 0.2) is 36.5 Å². The lowest BCUT2D eigenvalue weighted by atomic mass is 9.95. The number of anilines is 1. The third-order valence-electron chi connectivity index (χ3n) is 5.69. The third kappa shape index (κ3) is 5.17. The summed E-state index contributed by atoms with van der Waals surface area (Å²) in [6.45, 7) is 1.53. The van der Waals surface area contributed by atoms with Crippen molar-refractivity contribution in [2.45, 2.75) is 37.6 Å². The summed E-state index contributed by atoms with van der Waals surface area (Å²) in [7, 11) is 2.52.